The highest BCUT2D eigenvalue weighted by molar-refractivity contribution is 6.71. The van der Waals surface area contributed by atoms with Crippen LogP contribution in [0.4, 0.5) is 0 Å². The molecule has 0 bridgehead atoms. The SMILES string of the molecule is CCO/N=C(/C=C/C(=O)O[Si](C)(C)C)C/C(CC(=O)O[Si](C)(C)C)=N\OCC. The lowest BCUT2D eigenvalue weighted by Gasteiger charge is -2.17. The molecular formula is C18H34N2O6Si2. The third-order valence-corrected chi connectivity index (χ3v) is 4.26. The number of carbonyl (C=O) groups is 2. The topological polar surface area (TPSA) is 95.8 Å². The molecule has 0 unspecified atom stereocenters. The number of allylic oxidation sites excluding steroid dienone is 1. The summed E-state index contributed by atoms with van der Waals surface area (Å²) < 4.78 is 10.8. The zero-order chi connectivity index (χ0) is 21.8. The molecule has 0 amide bonds. The molecule has 0 radical (unpaired) electrons. The van der Waals surface area contributed by atoms with Crippen LogP contribution in [0.1, 0.15) is 26.7 Å². The van der Waals surface area contributed by atoms with Crippen molar-refractivity contribution in [2.75, 3.05) is 13.2 Å². The summed E-state index contributed by atoms with van der Waals surface area (Å²) >= 11 is 0. The van der Waals surface area contributed by atoms with Crippen LogP contribution < -0.4 is 0 Å². The van der Waals surface area contributed by atoms with E-state index >= 15 is 0 Å². The summed E-state index contributed by atoms with van der Waals surface area (Å²) in [4.78, 5) is 34.3. The van der Waals surface area contributed by atoms with Crippen LogP contribution in [0.5, 0.6) is 0 Å². The first kappa shape index (κ1) is 26.1. The van der Waals surface area contributed by atoms with Crippen molar-refractivity contribution in [1.82, 2.24) is 0 Å². The summed E-state index contributed by atoms with van der Waals surface area (Å²) in [6.45, 7) is 15.9. The standard InChI is InChI=1S/C18H34N2O6Si2/c1-9-23-19-15(11-12-17(21)25-27(3,4)5)13-16(20-24-10-2)14-18(22)26-28(6,7)8/h11-12H,9-10,13-14H2,1-8H3/b12-11+,19-15-,20-16+. The summed E-state index contributed by atoms with van der Waals surface area (Å²) in [5.74, 6) is -0.805. The average Bonchev–Trinajstić information content (AvgIpc) is 2.51. The largest absolute Gasteiger partial charge is 0.520 e. The van der Waals surface area contributed by atoms with Gasteiger partial charge in [-0.2, -0.15) is 0 Å². The molecule has 0 N–H and O–H groups in total. The first-order valence-electron chi connectivity index (χ1n) is 9.35. The minimum atomic E-state index is -2.00. The van der Waals surface area contributed by atoms with Crippen LogP contribution in [0.2, 0.25) is 39.3 Å². The average molecular weight is 431 g/mol. The van der Waals surface area contributed by atoms with Gasteiger partial charge in [-0.15, -0.1) is 0 Å². The van der Waals surface area contributed by atoms with Crippen molar-refractivity contribution in [2.24, 2.45) is 10.3 Å². The summed E-state index contributed by atoms with van der Waals surface area (Å²) in [7, 11) is -3.99. The molecule has 0 atom stereocenters. The second-order valence-corrected chi connectivity index (χ2v) is 16.7. The van der Waals surface area contributed by atoms with Crippen LogP contribution in [-0.2, 0) is 28.1 Å². The van der Waals surface area contributed by atoms with Gasteiger partial charge in [-0.1, -0.05) is 10.3 Å². The lowest BCUT2D eigenvalue weighted by molar-refractivity contribution is -0.134. The number of rotatable bonds is 12. The van der Waals surface area contributed by atoms with E-state index in [1.807, 2.05) is 39.3 Å². The number of oxime groups is 2. The Kier molecular flexibility index (Phi) is 11.6. The van der Waals surface area contributed by atoms with Crippen LogP contribution in [-0.4, -0.2) is 53.2 Å². The summed E-state index contributed by atoms with van der Waals surface area (Å²) in [5.41, 5.74) is 0.861. The predicted molar refractivity (Wildman–Crippen MR) is 115 cm³/mol. The maximum atomic E-state index is 12.2. The molecule has 0 aromatic rings. The van der Waals surface area contributed by atoms with E-state index in [1.165, 1.54) is 12.2 Å². The van der Waals surface area contributed by atoms with Crippen LogP contribution in [0.15, 0.2) is 22.5 Å². The van der Waals surface area contributed by atoms with Crippen molar-refractivity contribution in [2.45, 2.75) is 66.0 Å². The quantitative estimate of drug-likeness (QED) is 0.202. The van der Waals surface area contributed by atoms with Crippen LogP contribution in [0.3, 0.4) is 0 Å². The molecule has 0 heterocycles. The van der Waals surface area contributed by atoms with Gasteiger partial charge < -0.3 is 18.5 Å². The van der Waals surface area contributed by atoms with E-state index < -0.39 is 22.6 Å². The Bertz CT molecular complexity index is 604. The Morgan fingerprint density at radius 1 is 0.786 bits per heavy atom. The van der Waals surface area contributed by atoms with Gasteiger partial charge in [0.05, 0.1) is 17.8 Å². The van der Waals surface area contributed by atoms with E-state index in [0.29, 0.717) is 24.6 Å². The molecular weight excluding hydrogens is 396 g/mol. The van der Waals surface area contributed by atoms with Gasteiger partial charge in [0, 0.05) is 12.5 Å². The second kappa shape index (κ2) is 12.5. The Morgan fingerprint density at radius 3 is 1.82 bits per heavy atom. The van der Waals surface area contributed by atoms with Gasteiger partial charge in [0.2, 0.25) is 16.6 Å². The van der Waals surface area contributed by atoms with Gasteiger partial charge in [0.1, 0.15) is 13.2 Å². The first-order chi connectivity index (χ1) is 12.9. The fourth-order valence-electron chi connectivity index (χ4n) is 1.81. The van der Waals surface area contributed by atoms with Crippen molar-refractivity contribution in [3.8, 4) is 0 Å². The van der Waals surface area contributed by atoms with Gasteiger partial charge in [-0.25, -0.2) is 4.79 Å². The molecule has 0 aliphatic carbocycles. The number of hydrogen-bond donors (Lipinski definition) is 0. The molecule has 10 heteroatoms. The first-order valence-corrected chi connectivity index (χ1v) is 16.2. The van der Waals surface area contributed by atoms with E-state index in [2.05, 4.69) is 10.3 Å². The molecule has 8 nitrogen and oxygen atoms in total. The van der Waals surface area contributed by atoms with E-state index in [1.54, 1.807) is 13.8 Å². The number of hydrogen-bond acceptors (Lipinski definition) is 8. The Balaban J connectivity index is 5.29. The minimum Gasteiger partial charge on any atom is -0.520 e. The maximum Gasteiger partial charge on any atom is 0.317 e. The molecule has 0 saturated carbocycles. The second-order valence-electron chi connectivity index (χ2n) is 7.88. The molecule has 160 valence electrons. The monoisotopic (exact) mass is 430 g/mol. The third kappa shape index (κ3) is 15.1. The zero-order valence-corrected chi connectivity index (χ0v) is 20.3. The van der Waals surface area contributed by atoms with Gasteiger partial charge in [-0.05, 0) is 59.2 Å². The minimum absolute atomic E-state index is 0.0252. The fourth-order valence-corrected chi connectivity index (χ4v) is 3.23. The van der Waals surface area contributed by atoms with E-state index in [-0.39, 0.29) is 18.8 Å². The normalized spacial score (nSPS) is 13.4. The molecule has 28 heavy (non-hydrogen) atoms. The Morgan fingerprint density at radius 2 is 1.32 bits per heavy atom. The lowest BCUT2D eigenvalue weighted by Crippen LogP contribution is -2.30. The van der Waals surface area contributed by atoms with Gasteiger partial charge in [-0.3, -0.25) is 4.79 Å². The molecule has 0 aromatic heterocycles. The van der Waals surface area contributed by atoms with Crippen LogP contribution in [0.25, 0.3) is 0 Å². The predicted octanol–water partition coefficient (Wildman–Crippen LogP) is 3.86. The van der Waals surface area contributed by atoms with Crippen LogP contribution in [0, 0.1) is 0 Å². The third-order valence-electron chi connectivity index (χ3n) is 2.61. The molecule has 0 rings (SSSR count). The maximum absolute atomic E-state index is 12.2. The van der Waals surface area contributed by atoms with Crippen molar-refractivity contribution < 1.29 is 28.1 Å². The lowest BCUT2D eigenvalue weighted by atomic mass is 10.1. The van der Waals surface area contributed by atoms with Gasteiger partial charge in [0.15, 0.2) is 0 Å². The molecule has 0 spiro atoms. The number of nitrogens with zero attached hydrogens (tertiary/aromatic N) is 2. The highest BCUT2D eigenvalue weighted by Gasteiger charge is 2.22. The summed E-state index contributed by atoms with van der Waals surface area (Å²) in [6.07, 6.45) is 2.96. The van der Waals surface area contributed by atoms with Gasteiger partial charge in [0.25, 0.3) is 5.97 Å². The highest BCUT2D eigenvalue weighted by atomic mass is 28.4. The summed E-state index contributed by atoms with van der Waals surface area (Å²) in [5, 5.41) is 7.99. The van der Waals surface area contributed by atoms with E-state index in [9.17, 15) is 9.59 Å². The zero-order valence-electron chi connectivity index (χ0n) is 18.3. The van der Waals surface area contributed by atoms with Crippen molar-refractivity contribution >= 4 is 40.0 Å². The van der Waals surface area contributed by atoms with Crippen molar-refractivity contribution in [3.05, 3.63) is 12.2 Å². The van der Waals surface area contributed by atoms with Gasteiger partial charge >= 0.3 is 5.97 Å². The molecule has 0 fully saturated rings. The Labute approximate surface area is 170 Å². The fraction of sp³-hybridized carbons (Fsp3) is 0.667. The molecule has 0 aromatic carbocycles. The van der Waals surface area contributed by atoms with E-state index in [0.717, 1.165) is 0 Å². The molecule has 0 saturated heterocycles. The Hall–Kier alpha value is -1.95. The summed E-state index contributed by atoms with van der Waals surface area (Å²) in [6, 6.07) is 0. The highest BCUT2D eigenvalue weighted by Crippen LogP contribution is 2.08. The van der Waals surface area contributed by atoms with E-state index in [4.69, 9.17) is 18.5 Å². The molecule has 0 aliphatic rings. The van der Waals surface area contributed by atoms with Crippen molar-refractivity contribution in [3.63, 3.8) is 0 Å². The number of carbonyl (C=O) groups excluding carboxylic acids is 2. The van der Waals surface area contributed by atoms with Crippen LogP contribution >= 0.6 is 0 Å². The molecule has 0 aliphatic heterocycles. The van der Waals surface area contributed by atoms with Crippen molar-refractivity contribution in [1.29, 1.82) is 0 Å². The smallest absolute Gasteiger partial charge is 0.317 e.